The first kappa shape index (κ1) is 22.2. The van der Waals surface area contributed by atoms with Gasteiger partial charge in [0.25, 0.3) is 5.91 Å². The van der Waals surface area contributed by atoms with Gasteiger partial charge in [0.2, 0.25) is 0 Å². The first-order valence-corrected chi connectivity index (χ1v) is 10.7. The number of hydrogen-bond acceptors (Lipinski definition) is 6. The van der Waals surface area contributed by atoms with E-state index in [2.05, 4.69) is 45.4 Å². The van der Waals surface area contributed by atoms with Crippen molar-refractivity contribution in [1.29, 1.82) is 0 Å². The van der Waals surface area contributed by atoms with Gasteiger partial charge in [0.1, 0.15) is 0 Å². The molecule has 7 nitrogen and oxygen atoms in total. The number of ether oxygens (including phenoxy) is 2. The van der Waals surface area contributed by atoms with E-state index in [1.807, 2.05) is 0 Å². The molecule has 162 valence electrons. The Labute approximate surface area is 174 Å². The fourth-order valence-corrected chi connectivity index (χ4v) is 4.04. The number of carbonyl (C=O) groups excluding carboxylic acids is 1. The summed E-state index contributed by atoms with van der Waals surface area (Å²) in [4.78, 5) is 17.2. The second kappa shape index (κ2) is 11.6. The average Bonchev–Trinajstić information content (AvgIpc) is 2.75. The lowest BCUT2D eigenvalue weighted by atomic mass is 9.98. The lowest BCUT2D eigenvalue weighted by Crippen LogP contribution is -2.50. The monoisotopic (exact) mass is 405 g/mol. The Balaban J connectivity index is 1.36. The second-order valence-electron chi connectivity index (χ2n) is 8.00. The van der Waals surface area contributed by atoms with Crippen LogP contribution in [0.2, 0.25) is 0 Å². The molecule has 2 saturated heterocycles. The van der Waals surface area contributed by atoms with Crippen molar-refractivity contribution in [3.8, 4) is 0 Å². The van der Waals surface area contributed by atoms with Crippen molar-refractivity contribution in [1.82, 2.24) is 15.1 Å². The molecule has 3 rings (SSSR count). The van der Waals surface area contributed by atoms with Gasteiger partial charge in [0.05, 0.1) is 18.8 Å². The Morgan fingerprint density at radius 3 is 2.62 bits per heavy atom. The fraction of sp³-hybridized carbons (Fsp3) is 0.682. The van der Waals surface area contributed by atoms with E-state index >= 15 is 0 Å². The summed E-state index contributed by atoms with van der Waals surface area (Å²) in [5.41, 5.74) is 1.37. The molecule has 1 aromatic carbocycles. The molecule has 29 heavy (non-hydrogen) atoms. The minimum absolute atomic E-state index is 0.0268. The van der Waals surface area contributed by atoms with Crippen LogP contribution in [-0.4, -0.2) is 92.1 Å². The van der Waals surface area contributed by atoms with Crippen molar-refractivity contribution in [2.45, 2.75) is 44.1 Å². The van der Waals surface area contributed by atoms with E-state index in [0.717, 1.165) is 52.1 Å². The van der Waals surface area contributed by atoms with Gasteiger partial charge in [-0.1, -0.05) is 30.3 Å². The molecular weight excluding hydrogens is 370 g/mol. The van der Waals surface area contributed by atoms with Crippen molar-refractivity contribution in [2.24, 2.45) is 0 Å². The first-order valence-electron chi connectivity index (χ1n) is 10.7. The molecule has 7 heteroatoms. The normalized spacial score (nSPS) is 26.3. The van der Waals surface area contributed by atoms with Gasteiger partial charge in [-0.15, -0.1) is 0 Å². The number of aliphatic hydroxyl groups excluding tert-OH is 1. The number of methoxy groups -OCH3 is 1. The molecular formula is C22H35N3O4. The maximum Gasteiger partial charge on any atom is 0.251 e. The van der Waals surface area contributed by atoms with Crippen LogP contribution >= 0.6 is 0 Å². The SMILES string of the molecule is COCCNC(=O)[C@@H]1O[C@H](CCN2CCN(Cc3ccccc3)CC2)CC[C@@H]1O. The molecule has 0 unspecified atom stereocenters. The number of benzene rings is 1. The molecule has 1 aromatic rings. The van der Waals surface area contributed by atoms with Crippen LogP contribution in [0.1, 0.15) is 24.8 Å². The lowest BCUT2D eigenvalue weighted by Gasteiger charge is -2.37. The molecule has 0 aromatic heterocycles. The maximum absolute atomic E-state index is 12.3. The third-order valence-electron chi connectivity index (χ3n) is 5.82. The van der Waals surface area contributed by atoms with Crippen LogP contribution in [-0.2, 0) is 20.8 Å². The topological polar surface area (TPSA) is 74.3 Å². The molecule has 2 heterocycles. The molecule has 0 saturated carbocycles. The van der Waals surface area contributed by atoms with Gasteiger partial charge in [-0.2, -0.15) is 0 Å². The highest BCUT2D eigenvalue weighted by atomic mass is 16.5. The summed E-state index contributed by atoms with van der Waals surface area (Å²) >= 11 is 0. The summed E-state index contributed by atoms with van der Waals surface area (Å²) in [6, 6.07) is 10.6. The number of aliphatic hydroxyl groups is 1. The van der Waals surface area contributed by atoms with Gasteiger partial charge in [0.15, 0.2) is 6.10 Å². The summed E-state index contributed by atoms with van der Waals surface area (Å²) in [6.45, 7) is 7.13. The molecule has 2 N–H and O–H groups in total. The number of nitrogens with one attached hydrogen (secondary N) is 1. The molecule has 3 atom stereocenters. The van der Waals surface area contributed by atoms with Crippen molar-refractivity contribution in [3.05, 3.63) is 35.9 Å². The summed E-state index contributed by atoms with van der Waals surface area (Å²) in [6.07, 6.45) is 0.838. The van der Waals surface area contributed by atoms with E-state index in [9.17, 15) is 9.90 Å². The highest BCUT2D eigenvalue weighted by molar-refractivity contribution is 5.81. The van der Waals surface area contributed by atoms with Crippen molar-refractivity contribution in [3.63, 3.8) is 0 Å². The van der Waals surface area contributed by atoms with Crippen molar-refractivity contribution in [2.75, 3.05) is 53.0 Å². The van der Waals surface area contributed by atoms with Gasteiger partial charge in [-0.3, -0.25) is 9.69 Å². The maximum atomic E-state index is 12.3. The predicted octanol–water partition coefficient (Wildman–Crippen LogP) is 0.865. The molecule has 0 radical (unpaired) electrons. The van der Waals surface area contributed by atoms with Crippen LogP contribution in [0.5, 0.6) is 0 Å². The quantitative estimate of drug-likeness (QED) is 0.594. The van der Waals surface area contributed by atoms with Gasteiger partial charge in [-0.05, 0) is 24.8 Å². The number of nitrogens with zero attached hydrogens (tertiary/aromatic N) is 2. The zero-order chi connectivity index (χ0) is 20.5. The van der Waals surface area contributed by atoms with Crippen LogP contribution in [0.25, 0.3) is 0 Å². The van der Waals surface area contributed by atoms with Crippen LogP contribution in [0.15, 0.2) is 30.3 Å². The van der Waals surface area contributed by atoms with Gasteiger partial charge in [0, 0.05) is 52.9 Å². The van der Waals surface area contributed by atoms with E-state index in [1.54, 1.807) is 7.11 Å². The third kappa shape index (κ3) is 7.04. The third-order valence-corrected chi connectivity index (χ3v) is 5.82. The smallest absolute Gasteiger partial charge is 0.251 e. The summed E-state index contributed by atoms with van der Waals surface area (Å²) < 4.78 is 10.9. The Bertz CT molecular complexity index is 607. The fourth-order valence-electron chi connectivity index (χ4n) is 4.04. The van der Waals surface area contributed by atoms with Crippen molar-refractivity contribution >= 4 is 5.91 Å². The van der Waals surface area contributed by atoms with Crippen LogP contribution in [0.4, 0.5) is 0 Å². The Morgan fingerprint density at radius 1 is 1.17 bits per heavy atom. The van der Waals surface area contributed by atoms with E-state index < -0.39 is 12.2 Å². The molecule has 0 aliphatic carbocycles. The minimum atomic E-state index is -0.770. The zero-order valence-electron chi connectivity index (χ0n) is 17.5. The average molecular weight is 406 g/mol. The molecule has 0 bridgehead atoms. The molecule has 2 aliphatic heterocycles. The standard InChI is InChI=1S/C22H35N3O4/c1-28-16-10-23-22(27)21-20(26)8-7-19(29-21)9-11-24-12-14-25(15-13-24)17-18-5-3-2-4-6-18/h2-6,19-21,26H,7-17H2,1H3,(H,23,27)/t19-,20-,21+/m0/s1. The minimum Gasteiger partial charge on any atom is -0.390 e. The van der Waals surface area contributed by atoms with Crippen LogP contribution in [0, 0.1) is 0 Å². The zero-order valence-corrected chi connectivity index (χ0v) is 17.5. The van der Waals surface area contributed by atoms with E-state index in [-0.39, 0.29) is 12.0 Å². The molecule has 2 fully saturated rings. The Kier molecular flexibility index (Phi) is 8.89. The largest absolute Gasteiger partial charge is 0.390 e. The van der Waals surface area contributed by atoms with Crippen molar-refractivity contribution < 1.29 is 19.4 Å². The van der Waals surface area contributed by atoms with E-state index in [1.165, 1.54) is 5.56 Å². The lowest BCUT2D eigenvalue weighted by molar-refractivity contribution is -0.158. The van der Waals surface area contributed by atoms with Gasteiger partial charge in [-0.25, -0.2) is 0 Å². The molecule has 1 amide bonds. The van der Waals surface area contributed by atoms with Crippen LogP contribution < -0.4 is 5.32 Å². The summed E-state index contributed by atoms with van der Waals surface area (Å²) in [5, 5.41) is 12.9. The van der Waals surface area contributed by atoms with Gasteiger partial charge < -0.3 is 24.8 Å². The summed E-state index contributed by atoms with van der Waals surface area (Å²) in [5.74, 6) is -0.242. The summed E-state index contributed by atoms with van der Waals surface area (Å²) in [7, 11) is 1.59. The number of rotatable bonds is 9. The molecule has 2 aliphatic rings. The number of carbonyl (C=O) groups is 1. The highest BCUT2D eigenvalue weighted by Gasteiger charge is 2.35. The Hall–Kier alpha value is -1.51. The predicted molar refractivity (Wildman–Crippen MR) is 112 cm³/mol. The number of piperazine rings is 1. The second-order valence-corrected chi connectivity index (χ2v) is 8.00. The number of amides is 1. The first-order chi connectivity index (χ1) is 14.2. The highest BCUT2D eigenvalue weighted by Crippen LogP contribution is 2.22. The van der Waals surface area contributed by atoms with E-state index in [4.69, 9.17) is 9.47 Å². The van der Waals surface area contributed by atoms with E-state index in [0.29, 0.717) is 19.6 Å². The molecule has 0 spiro atoms. The number of hydrogen-bond donors (Lipinski definition) is 2. The van der Waals surface area contributed by atoms with Crippen LogP contribution in [0.3, 0.4) is 0 Å². The van der Waals surface area contributed by atoms with Gasteiger partial charge >= 0.3 is 0 Å². The Morgan fingerprint density at radius 2 is 1.90 bits per heavy atom.